The number of pyridine rings is 1. The Balaban J connectivity index is 2.22. The summed E-state index contributed by atoms with van der Waals surface area (Å²) in [6.07, 6.45) is 1.51. The van der Waals surface area contributed by atoms with Gasteiger partial charge in [0, 0.05) is 25.4 Å². The van der Waals surface area contributed by atoms with Gasteiger partial charge >= 0.3 is 0 Å². The zero-order chi connectivity index (χ0) is 14.2. The Kier molecular flexibility index (Phi) is 3.36. The van der Waals surface area contributed by atoms with Crippen LogP contribution in [0.5, 0.6) is 5.75 Å². The van der Waals surface area contributed by atoms with Crippen molar-refractivity contribution in [3.63, 3.8) is 0 Å². The van der Waals surface area contributed by atoms with Crippen molar-refractivity contribution in [2.75, 3.05) is 18.6 Å². The number of nitrogens with zero attached hydrogens (tertiary/aromatic N) is 1. The number of amides is 1. The summed E-state index contributed by atoms with van der Waals surface area (Å²) in [4.78, 5) is 26.7. The molecule has 1 aromatic heterocycles. The van der Waals surface area contributed by atoms with Gasteiger partial charge in [0.1, 0.15) is 5.75 Å². The topological polar surface area (TPSA) is 108 Å². The van der Waals surface area contributed by atoms with Gasteiger partial charge in [-0.2, -0.15) is 0 Å². The third kappa shape index (κ3) is 2.78. The second kappa shape index (κ2) is 4.69. The molecule has 0 bridgehead atoms. The first kappa shape index (κ1) is 13.6. The monoisotopic (exact) mass is 286 g/mol. The van der Waals surface area contributed by atoms with Crippen LogP contribution in [0.3, 0.4) is 0 Å². The Bertz CT molecular complexity index is 664. The van der Waals surface area contributed by atoms with E-state index in [-0.39, 0.29) is 17.1 Å². The minimum atomic E-state index is -3.09. The van der Waals surface area contributed by atoms with Crippen LogP contribution in [0.1, 0.15) is 16.8 Å². The van der Waals surface area contributed by atoms with Gasteiger partial charge < -0.3 is 15.0 Å². The number of carbonyl (C=O) groups excluding carboxylic acids is 1. The average Bonchev–Trinajstić information content (AvgIpc) is 2.68. The molecular weight excluding hydrogens is 272 g/mol. The normalized spacial score (nSPS) is 21.2. The Morgan fingerprint density at radius 2 is 2.21 bits per heavy atom. The molecule has 2 heterocycles. The van der Waals surface area contributed by atoms with Gasteiger partial charge in [0.05, 0.1) is 17.1 Å². The summed E-state index contributed by atoms with van der Waals surface area (Å²) < 4.78 is 22.8. The Hall–Kier alpha value is -1.83. The smallest absolute Gasteiger partial charge is 0.259 e. The van der Waals surface area contributed by atoms with Crippen molar-refractivity contribution in [3.05, 3.63) is 28.2 Å². The number of aromatic nitrogens is 1. The van der Waals surface area contributed by atoms with E-state index in [1.54, 1.807) is 0 Å². The largest absolute Gasteiger partial charge is 0.507 e. The summed E-state index contributed by atoms with van der Waals surface area (Å²) >= 11 is 0. The molecule has 2 N–H and O–H groups in total. The maximum absolute atomic E-state index is 12.1. The fourth-order valence-corrected chi connectivity index (χ4v) is 3.84. The highest BCUT2D eigenvalue weighted by Gasteiger charge is 2.33. The number of aromatic hydroxyl groups is 1. The number of aromatic amines is 1. The number of rotatable bonds is 2. The lowest BCUT2D eigenvalue weighted by Gasteiger charge is -2.23. The molecule has 0 radical (unpaired) electrons. The first-order chi connectivity index (χ1) is 8.80. The van der Waals surface area contributed by atoms with Gasteiger partial charge in [-0.1, -0.05) is 0 Å². The number of sulfone groups is 1. The first-order valence-corrected chi connectivity index (χ1v) is 7.51. The highest BCUT2D eigenvalue weighted by atomic mass is 32.2. The molecule has 1 fully saturated rings. The predicted molar refractivity (Wildman–Crippen MR) is 67.9 cm³/mol. The second-order valence-electron chi connectivity index (χ2n) is 4.57. The zero-order valence-electron chi connectivity index (χ0n) is 10.3. The summed E-state index contributed by atoms with van der Waals surface area (Å²) in [6.45, 7) is 0. The van der Waals surface area contributed by atoms with E-state index in [0.29, 0.717) is 6.42 Å². The number of H-pyrrole nitrogens is 1. The first-order valence-electron chi connectivity index (χ1n) is 5.69. The van der Waals surface area contributed by atoms with Crippen LogP contribution >= 0.6 is 0 Å². The Morgan fingerprint density at radius 1 is 1.53 bits per heavy atom. The lowest BCUT2D eigenvalue weighted by molar-refractivity contribution is 0.0744. The summed E-state index contributed by atoms with van der Waals surface area (Å²) in [5.74, 6) is -0.941. The fourth-order valence-electron chi connectivity index (χ4n) is 2.07. The molecule has 1 aliphatic heterocycles. The van der Waals surface area contributed by atoms with Crippen molar-refractivity contribution in [2.45, 2.75) is 12.5 Å². The van der Waals surface area contributed by atoms with Crippen LogP contribution in [0, 0.1) is 0 Å². The van der Waals surface area contributed by atoms with Gasteiger partial charge in [0.15, 0.2) is 9.84 Å². The summed E-state index contributed by atoms with van der Waals surface area (Å²) in [5, 5.41) is 9.57. The molecule has 104 valence electrons. The maximum Gasteiger partial charge on any atom is 0.259 e. The SMILES string of the molecule is CN(C(=O)c1c[nH]c(=O)cc1O)C1CCS(=O)(=O)C1. The second-order valence-corrected chi connectivity index (χ2v) is 6.80. The Morgan fingerprint density at radius 3 is 2.74 bits per heavy atom. The molecule has 0 saturated carbocycles. The standard InChI is InChI=1S/C11H14N2O5S/c1-13(7-2-3-19(17,18)6-7)11(16)8-5-12-10(15)4-9(8)14/h4-5,7H,2-3,6H2,1H3,(H2,12,14,15). The zero-order valence-corrected chi connectivity index (χ0v) is 11.1. The van der Waals surface area contributed by atoms with Gasteiger partial charge in [-0.25, -0.2) is 8.42 Å². The molecule has 1 atom stereocenters. The number of nitrogens with one attached hydrogen (secondary N) is 1. The number of carbonyl (C=O) groups is 1. The summed E-state index contributed by atoms with van der Waals surface area (Å²) in [7, 11) is -1.60. The van der Waals surface area contributed by atoms with E-state index in [1.165, 1.54) is 11.9 Å². The predicted octanol–water partition coefficient (Wildman–Crippen LogP) is -0.660. The molecule has 0 aromatic carbocycles. The van der Waals surface area contributed by atoms with Crippen molar-refractivity contribution >= 4 is 15.7 Å². The molecule has 1 aromatic rings. The van der Waals surface area contributed by atoms with Gasteiger partial charge in [-0.3, -0.25) is 9.59 Å². The van der Waals surface area contributed by atoms with Gasteiger partial charge in [0.2, 0.25) is 0 Å². The van der Waals surface area contributed by atoms with E-state index in [4.69, 9.17) is 0 Å². The van der Waals surface area contributed by atoms with Crippen molar-refractivity contribution in [3.8, 4) is 5.75 Å². The molecule has 8 heteroatoms. The highest BCUT2D eigenvalue weighted by molar-refractivity contribution is 7.91. The van der Waals surface area contributed by atoms with Crippen LogP contribution in [0.15, 0.2) is 17.1 Å². The fraction of sp³-hybridized carbons (Fsp3) is 0.455. The van der Waals surface area contributed by atoms with Crippen LogP contribution in [-0.4, -0.2) is 53.9 Å². The molecule has 2 rings (SSSR count). The average molecular weight is 286 g/mol. The highest BCUT2D eigenvalue weighted by Crippen LogP contribution is 2.21. The van der Waals surface area contributed by atoms with Crippen LogP contribution in [-0.2, 0) is 9.84 Å². The van der Waals surface area contributed by atoms with E-state index < -0.39 is 33.1 Å². The van der Waals surface area contributed by atoms with Gasteiger partial charge in [-0.05, 0) is 6.42 Å². The van der Waals surface area contributed by atoms with E-state index in [1.807, 2.05) is 0 Å². The maximum atomic E-state index is 12.1. The van der Waals surface area contributed by atoms with Crippen LogP contribution in [0.2, 0.25) is 0 Å². The lowest BCUT2D eigenvalue weighted by Crippen LogP contribution is -2.38. The molecule has 0 spiro atoms. The van der Waals surface area contributed by atoms with Crippen LogP contribution < -0.4 is 5.56 Å². The Labute approximate surface area is 109 Å². The molecule has 1 aliphatic rings. The number of hydrogen-bond donors (Lipinski definition) is 2. The molecule has 1 saturated heterocycles. The number of hydrogen-bond acceptors (Lipinski definition) is 5. The third-order valence-electron chi connectivity index (χ3n) is 3.21. The van der Waals surface area contributed by atoms with E-state index in [0.717, 1.165) is 12.3 Å². The molecule has 0 aliphatic carbocycles. The van der Waals surface area contributed by atoms with Crippen LogP contribution in [0.4, 0.5) is 0 Å². The minimum absolute atomic E-state index is 0.0496. The molecule has 1 unspecified atom stereocenters. The van der Waals surface area contributed by atoms with Crippen molar-refractivity contribution in [1.82, 2.24) is 9.88 Å². The third-order valence-corrected chi connectivity index (χ3v) is 4.96. The molecular formula is C11H14N2O5S. The van der Waals surface area contributed by atoms with Crippen molar-refractivity contribution < 1.29 is 18.3 Å². The summed E-state index contributed by atoms with van der Waals surface area (Å²) in [5.41, 5.74) is -0.563. The van der Waals surface area contributed by atoms with E-state index in [9.17, 15) is 23.1 Å². The van der Waals surface area contributed by atoms with E-state index in [2.05, 4.69) is 4.98 Å². The summed E-state index contributed by atoms with van der Waals surface area (Å²) in [6, 6.07) is 0.510. The lowest BCUT2D eigenvalue weighted by atomic mass is 10.2. The molecule has 7 nitrogen and oxygen atoms in total. The molecule has 19 heavy (non-hydrogen) atoms. The van der Waals surface area contributed by atoms with Gasteiger partial charge in [0.25, 0.3) is 11.5 Å². The minimum Gasteiger partial charge on any atom is -0.507 e. The van der Waals surface area contributed by atoms with Crippen molar-refractivity contribution in [1.29, 1.82) is 0 Å². The van der Waals surface area contributed by atoms with Crippen LogP contribution in [0.25, 0.3) is 0 Å². The van der Waals surface area contributed by atoms with E-state index >= 15 is 0 Å². The molecule has 1 amide bonds. The quantitative estimate of drug-likeness (QED) is 0.750. The van der Waals surface area contributed by atoms with Gasteiger partial charge in [-0.15, -0.1) is 0 Å². The van der Waals surface area contributed by atoms with Crippen molar-refractivity contribution in [2.24, 2.45) is 0 Å².